The zero-order valence-electron chi connectivity index (χ0n) is 25.1. The summed E-state index contributed by atoms with van der Waals surface area (Å²) in [7, 11) is 0. The fourth-order valence-corrected chi connectivity index (χ4v) is 5.41. The molecular formula is C42H34N2. The summed E-state index contributed by atoms with van der Waals surface area (Å²) in [4.78, 5) is 9.83. The van der Waals surface area contributed by atoms with Crippen molar-refractivity contribution in [3.8, 4) is 44.5 Å². The van der Waals surface area contributed by atoms with E-state index in [4.69, 9.17) is 9.98 Å². The van der Waals surface area contributed by atoms with Crippen LogP contribution in [0.5, 0.6) is 0 Å². The van der Waals surface area contributed by atoms with Gasteiger partial charge in [0.1, 0.15) is 5.84 Å². The number of hydrogen-bond acceptors (Lipinski definition) is 1. The summed E-state index contributed by atoms with van der Waals surface area (Å²) in [5.41, 5.74) is 12.8. The number of hydrogen-bond donors (Lipinski definition) is 0. The number of nitrogens with zero attached hydrogens (tertiary/aromatic N) is 2. The average molecular weight is 567 g/mol. The summed E-state index contributed by atoms with van der Waals surface area (Å²) in [6, 6.07) is 55.0. The SMILES string of the molecule is C=C(N=C(C)N=C(C)c1cc(-c2ccccc2)cc(-c2ccccc2)c1)c1cc(-c2ccccc2)cc(-c2ccccc2)c1. The van der Waals surface area contributed by atoms with Crippen molar-refractivity contribution in [2.24, 2.45) is 9.98 Å². The van der Waals surface area contributed by atoms with Crippen LogP contribution in [0.15, 0.2) is 174 Å². The van der Waals surface area contributed by atoms with Crippen LogP contribution in [0, 0.1) is 0 Å². The summed E-state index contributed by atoms with van der Waals surface area (Å²) in [5.74, 6) is 0.658. The Morgan fingerprint density at radius 1 is 0.386 bits per heavy atom. The highest BCUT2D eigenvalue weighted by atomic mass is 14.9. The minimum atomic E-state index is 0.658. The van der Waals surface area contributed by atoms with Gasteiger partial charge in [0.2, 0.25) is 0 Å². The fraction of sp³-hybridized carbons (Fsp3) is 0.0476. The molecule has 0 heterocycles. The van der Waals surface area contributed by atoms with Gasteiger partial charge in [-0.05, 0) is 100 Å². The summed E-state index contributed by atoms with van der Waals surface area (Å²) >= 11 is 0. The van der Waals surface area contributed by atoms with Gasteiger partial charge in [-0.15, -0.1) is 0 Å². The summed E-state index contributed by atoms with van der Waals surface area (Å²) in [5, 5.41) is 0. The Labute approximate surface area is 260 Å². The Morgan fingerprint density at radius 3 is 1.05 bits per heavy atom. The second-order valence-corrected chi connectivity index (χ2v) is 10.9. The molecule has 2 heteroatoms. The lowest BCUT2D eigenvalue weighted by atomic mass is 9.95. The number of aliphatic imine (C=N–C) groups is 2. The molecule has 0 aliphatic carbocycles. The van der Waals surface area contributed by atoms with Gasteiger partial charge in [0.15, 0.2) is 0 Å². The third kappa shape index (κ3) is 6.72. The lowest BCUT2D eigenvalue weighted by Crippen LogP contribution is -2.00. The van der Waals surface area contributed by atoms with Gasteiger partial charge in [-0.1, -0.05) is 128 Å². The zero-order valence-corrected chi connectivity index (χ0v) is 25.1. The Kier molecular flexibility index (Phi) is 8.52. The van der Waals surface area contributed by atoms with Gasteiger partial charge >= 0.3 is 0 Å². The topological polar surface area (TPSA) is 24.7 Å². The molecule has 6 rings (SSSR count). The van der Waals surface area contributed by atoms with E-state index in [1.54, 1.807) is 0 Å². The standard InChI is InChI=1S/C42H34N2/c1-30(37-24-39(33-16-8-4-9-17-33)28-40(25-37)34-18-10-5-11-19-34)43-32(3)44-31(2)38-26-41(35-20-12-6-13-21-35)29-42(27-38)36-22-14-7-15-23-36/h4-29H,1H2,2-3H3. The van der Waals surface area contributed by atoms with Crippen LogP contribution in [-0.2, 0) is 0 Å². The molecule has 0 amide bonds. The molecule has 0 aliphatic heterocycles. The van der Waals surface area contributed by atoms with Crippen LogP contribution in [0.25, 0.3) is 50.2 Å². The molecule has 2 nitrogen and oxygen atoms in total. The maximum Gasteiger partial charge on any atom is 0.126 e. The molecule has 0 spiro atoms. The van der Waals surface area contributed by atoms with Crippen molar-refractivity contribution >= 4 is 17.2 Å². The normalized spacial score (nSPS) is 11.8. The predicted molar refractivity (Wildman–Crippen MR) is 189 cm³/mol. The van der Waals surface area contributed by atoms with Gasteiger partial charge in [0.25, 0.3) is 0 Å². The van der Waals surface area contributed by atoms with Gasteiger partial charge in [0.05, 0.1) is 5.70 Å². The van der Waals surface area contributed by atoms with E-state index in [0.29, 0.717) is 11.5 Å². The van der Waals surface area contributed by atoms with E-state index in [9.17, 15) is 0 Å². The summed E-state index contributed by atoms with van der Waals surface area (Å²) < 4.78 is 0. The minimum absolute atomic E-state index is 0.658. The van der Waals surface area contributed by atoms with Crippen molar-refractivity contribution in [2.45, 2.75) is 13.8 Å². The molecule has 44 heavy (non-hydrogen) atoms. The van der Waals surface area contributed by atoms with E-state index in [1.807, 2.05) is 38.1 Å². The first-order valence-electron chi connectivity index (χ1n) is 14.9. The van der Waals surface area contributed by atoms with E-state index in [-0.39, 0.29) is 0 Å². The van der Waals surface area contributed by atoms with Crippen LogP contribution in [0.4, 0.5) is 0 Å². The van der Waals surface area contributed by atoms with Crippen LogP contribution in [0.2, 0.25) is 0 Å². The highest BCUT2D eigenvalue weighted by molar-refractivity contribution is 6.07. The largest absolute Gasteiger partial charge is 0.238 e. The monoisotopic (exact) mass is 566 g/mol. The lowest BCUT2D eigenvalue weighted by molar-refractivity contribution is 1.43. The van der Waals surface area contributed by atoms with Gasteiger partial charge in [0, 0.05) is 11.3 Å². The third-order valence-corrected chi connectivity index (χ3v) is 7.67. The van der Waals surface area contributed by atoms with E-state index >= 15 is 0 Å². The number of rotatable bonds is 7. The second kappa shape index (κ2) is 13.1. The van der Waals surface area contributed by atoms with E-state index in [2.05, 4.69) is 140 Å². The molecule has 0 aliphatic rings. The number of benzene rings is 6. The smallest absolute Gasteiger partial charge is 0.126 e. The van der Waals surface area contributed by atoms with Gasteiger partial charge < -0.3 is 0 Å². The molecule has 6 aromatic carbocycles. The average Bonchev–Trinajstić information content (AvgIpc) is 3.09. The first kappa shape index (κ1) is 28.5. The molecule has 0 saturated heterocycles. The number of amidine groups is 1. The molecule has 0 saturated carbocycles. The van der Waals surface area contributed by atoms with Crippen LogP contribution in [0.3, 0.4) is 0 Å². The summed E-state index contributed by atoms with van der Waals surface area (Å²) in [6.45, 7) is 8.35. The maximum absolute atomic E-state index is 4.95. The molecule has 0 fully saturated rings. The maximum atomic E-state index is 4.95. The fourth-order valence-electron chi connectivity index (χ4n) is 5.41. The molecule has 0 N–H and O–H groups in total. The first-order chi connectivity index (χ1) is 21.5. The molecule has 0 aromatic heterocycles. The quantitative estimate of drug-likeness (QED) is 0.136. The van der Waals surface area contributed by atoms with E-state index < -0.39 is 0 Å². The molecule has 0 bridgehead atoms. The first-order valence-corrected chi connectivity index (χ1v) is 14.9. The molecular weight excluding hydrogens is 532 g/mol. The molecule has 6 aromatic rings. The van der Waals surface area contributed by atoms with Crippen LogP contribution in [-0.4, -0.2) is 11.5 Å². The van der Waals surface area contributed by atoms with Crippen LogP contribution >= 0.6 is 0 Å². The predicted octanol–water partition coefficient (Wildman–Crippen LogP) is 11.3. The zero-order chi connectivity index (χ0) is 30.3. The molecule has 0 atom stereocenters. The van der Waals surface area contributed by atoms with E-state index in [0.717, 1.165) is 50.2 Å². The Bertz CT molecular complexity index is 1840. The Balaban J connectivity index is 1.36. The van der Waals surface area contributed by atoms with Crippen molar-refractivity contribution in [2.75, 3.05) is 0 Å². The van der Waals surface area contributed by atoms with Crippen molar-refractivity contribution in [1.29, 1.82) is 0 Å². The van der Waals surface area contributed by atoms with Crippen molar-refractivity contribution in [3.05, 3.63) is 175 Å². The Hall–Kier alpha value is -5.60. The van der Waals surface area contributed by atoms with Crippen molar-refractivity contribution in [3.63, 3.8) is 0 Å². The molecule has 0 unspecified atom stereocenters. The van der Waals surface area contributed by atoms with Gasteiger partial charge in [-0.3, -0.25) is 0 Å². The van der Waals surface area contributed by atoms with Crippen LogP contribution < -0.4 is 0 Å². The van der Waals surface area contributed by atoms with Crippen LogP contribution in [0.1, 0.15) is 25.0 Å². The van der Waals surface area contributed by atoms with E-state index in [1.165, 1.54) is 11.1 Å². The second-order valence-electron chi connectivity index (χ2n) is 10.9. The van der Waals surface area contributed by atoms with Gasteiger partial charge in [-0.2, -0.15) is 0 Å². The highest BCUT2D eigenvalue weighted by Gasteiger charge is 2.10. The lowest BCUT2D eigenvalue weighted by Gasteiger charge is -2.12. The minimum Gasteiger partial charge on any atom is -0.238 e. The Morgan fingerprint density at radius 2 is 0.705 bits per heavy atom. The third-order valence-electron chi connectivity index (χ3n) is 7.67. The van der Waals surface area contributed by atoms with Crippen molar-refractivity contribution < 1.29 is 0 Å². The molecule has 0 radical (unpaired) electrons. The van der Waals surface area contributed by atoms with Crippen molar-refractivity contribution in [1.82, 2.24) is 0 Å². The summed E-state index contributed by atoms with van der Waals surface area (Å²) in [6.07, 6.45) is 0. The highest BCUT2D eigenvalue weighted by Crippen LogP contribution is 2.32. The van der Waals surface area contributed by atoms with Gasteiger partial charge in [-0.25, -0.2) is 9.98 Å². The molecule has 212 valence electrons.